The maximum Gasteiger partial charge on any atom is 0.276 e. The first-order valence-corrected chi connectivity index (χ1v) is 10.7. The molecule has 0 spiro atoms. The molecule has 6 nitrogen and oxygen atoms in total. The first-order chi connectivity index (χ1) is 14.9. The fraction of sp³-hybridized carbons (Fsp3) is 0.167. The van der Waals surface area contributed by atoms with Gasteiger partial charge in [0, 0.05) is 23.4 Å². The number of nitrogens with one attached hydrogen (secondary N) is 1. The van der Waals surface area contributed by atoms with Crippen LogP contribution in [0.3, 0.4) is 0 Å². The van der Waals surface area contributed by atoms with E-state index in [1.165, 1.54) is 0 Å². The highest BCUT2D eigenvalue weighted by Gasteiger charge is 2.14. The van der Waals surface area contributed by atoms with E-state index in [0.29, 0.717) is 12.1 Å². The monoisotopic (exact) mass is 475 g/mol. The molecule has 0 unspecified atom stereocenters. The number of aryl methyl sites for hydroxylation is 3. The van der Waals surface area contributed by atoms with Crippen LogP contribution in [0.15, 0.2) is 64.2 Å². The molecule has 0 aliphatic rings. The van der Waals surface area contributed by atoms with Crippen molar-refractivity contribution in [1.82, 2.24) is 14.6 Å². The van der Waals surface area contributed by atoms with Gasteiger partial charge in [0.25, 0.3) is 5.91 Å². The minimum Gasteiger partial charge on any atom is -0.365 e. The van der Waals surface area contributed by atoms with E-state index in [2.05, 4.69) is 57.3 Å². The summed E-state index contributed by atoms with van der Waals surface area (Å²) in [6.07, 6.45) is 3.30. The number of carbonyl (C=O) groups is 1. The summed E-state index contributed by atoms with van der Waals surface area (Å²) >= 11 is 3.53. The van der Waals surface area contributed by atoms with E-state index in [-0.39, 0.29) is 5.91 Å². The van der Waals surface area contributed by atoms with Crippen LogP contribution >= 0.6 is 15.9 Å². The third kappa shape index (κ3) is 4.41. The molecule has 7 heteroatoms. The summed E-state index contributed by atoms with van der Waals surface area (Å²) in [4.78, 5) is 21.2. The third-order valence-electron chi connectivity index (χ3n) is 5.01. The molecule has 1 N–H and O–H groups in total. The van der Waals surface area contributed by atoms with Crippen LogP contribution in [0.1, 0.15) is 27.0 Å². The van der Waals surface area contributed by atoms with Crippen LogP contribution in [0.25, 0.3) is 16.9 Å². The van der Waals surface area contributed by atoms with E-state index in [4.69, 9.17) is 4.98 Å². The van der Waals surface area contributed by atoms with Crippen molar-refractivity contribution in [1.29, 1.82) is 0 Å². The van der Waals surface area contributed by atoms with Gasteiger partial charge in [-0.25, -0.2) is 9.98 Å². The first kappa shape index (κ1) is 20.9. The summed E-state index contributed by atoms with van der Waals surface area (Å²) in [5, 5.41) is 7.71. The predicted molar refractivity (Wildman–Crippen MR) is 128 cm³/mol. The van der Waals surface area contributed by atoms with E-state index in [1.807, 2.05) is 37.3 Å². The summed E-state index contributed by atoms with van der Waals surface area (Å²) in [6, 6.07) is 15.6. The lowest BCUT2D eigenvalue weighted by atomic mass is 10.00. The number of aliphatic imine (C=N–C) groups is 1. The minimum atomic E-state index is -0.261. The topological polar surface area (TPSA) is 71.7 Å². The second kappa shape index (κ2) is 8.81. The Morgan fingerprint density at radius 2 is 1.87 bits per heavy atom. The van der Waals surface area contributed by atoms with Gasteiger partial charge in [-0.3, -0.25) is 4.79 Å². The number of benzene rings is 2. The summed E-state index contributed by atoms with van der Waals surface area (Å²) in [5.74, 6) is 0.506. The average molecular weight is 476 g/mol. The molecule has 2 heterocycles. The first-order valence-electron chi connectivity index (χ1n) is 9.92. The molecule has 0 aliphatic carbocycles. The maximum atomic E-state index is 12.3. The predicted octanol–water partition coefficient (Wildman–Crippen LogP) is 5.41. The molecule has 2 aromatic heterocycles. The van der Waals surface area contributed by atoms with E-state index in [0.717, 1.165) is 43.9 Å². The largest absolute Gasteiger partial charge is 0.365 e. The number of nitrogens with zero attached hydrogens (tertiary/aromatic N) is 4. The lowest BCUT2D eigenvalue weighted by Crippen LogP contribution is -2.10. The molecule has 0 atom stereocenters. The van der Waals surface area contributed by atoms with Crippen molar-refractivity contribution in [2.24, 2.45) is 4.99 Å². The third-order valence-corrected chi connectivity index (χ3v) is 5.57. The smallest absolute Gasteiger partial charge is 0.276 e. The highest BCUT2D eigenvalue weighted by Crippen LogP contribution is 2.30. The zero-order valence-corrected chi connectivity index (χ0v) is 19.1. The highest BCUT2D eigenvalue weighted by molar-refractivity contribution is 9.10. The summed E-state index contributed by atoms with van der Waals surface area (Å²) in [6.45, 7) is 6.49. The highest BCUT2D eigenvalue weighted by atomic mass is 79.9. The molecule has 0 radical (unpaired) electrons. The Bertz CT molecular complexity index is 1290. The number of hydrogen-bond donors (Lipinski definition) is 1. The molecule has 2 aromatic carbocycles. The lowest BCUT2D eigenvalue weighted by molar-refractivity contribution is 0.100. The number of anilines is 1. The standard InChI is InChI=1S/C24H22BrN5O/c1-15-6-4-9-18(12-15)24(31)27-11-10-26-21-13-20(22-16(2)7-5-8-17(22)3)29-23-19(25)14-28-30(21)23/h4-9,11-14,26H,10H2,1-3H3. The van der Waals surface area contributed by atoms with Gasteiger partial charge in [-0.15, -0.1) is 0 Å². The number of rotatable bonds is 5. The second-order valence-electron chi connectivity index (χ2n) is 7.39. The van der Waals surface area contributed by atoms with Gasteiger partial charge in [-0.1, -0.05) is 35.9 Å². The Kier molecular flexibility index (Phi) is 5.95. The Morgan fingerprint density at radius 3 is 2.61 bits per heavy atom. The molecule has 1 amide bonds. The second-order valence-corrected chi connectivity index (χ2v) is 8.24. The summed E-state index contributed by atoms with van der Waals surface area (Å²) < 4.78 is 2.55. The van der Waals surface area contributed by atoms with Crippen LogP contribution in [-0.2, 0) is 0 Å². The van der Waals surface area contributed by atoms with E-state index >= 15 is 0 Å². The molecule has 0 fully saturated rings. The van der Waals surface area contributed by atoms with Gasteiger partial charge >= 0.3 is 0 Å². The number of aromatic nitrogens is 3. The molecule has 0 aliphatic heterocycles. The fourth-order valence-electron chi connectivity index (χ4n) is 3.54. The van der Waals surface area contributed by atoms with Crippen molar-refractivity contribution in [3.8, 4) is 11.3 Å². The molecule has 4 rings (SSSR count). The quantitative estimate of drug-likeness (QED) is 0.391. The molecule has 0 bridgehead atoms. The van der Waals surface area contributed by atoms with Crippen LogP contribution in [0.5, 0.6) is 0 Å². The van der Waals surface area contributed by atoms with Crippen molar-refractivity contribution in [2.75, 3.05) is 11.9 Å². The van der Waals surface area contributed by atoms with E-state index in [1.54, 1.807) is 23.0 Å². The molecular weight excluding hydrogens is 454 g/mol. The molecule has 156 valence electrons. The Balaban J connectivity index is 1.61. The van der Waals surface area contributed by atoms with E-state index < -0.39 is 0 Å². The molecular formula is C24H22BrN5O. The van der Waals surface area contributed by atoms with Crippen LogP contribution in [0.4, 0.5) is 5.82 Å². The number of carbonyl (C=O) groups excluding carboxylic acids is 1. The Labute approximate surface area is 189 Å². The Morgan fingerprint density at radius 1 is 1.13 bits per heavy atom. The molecule has 0 saturated carbocycles. The molecule has 4 aromatic rings. The molecule has 0 saturated heterocycles. The minimum absolute atomic E-state index is 0.261. The van der Waals surface area contributed by atoms with Gasteiger partial charge in [-0.05, 0) is 60.0 Å². The molecule has 31 heavy (non-hydrogen) atoms. The van der Waals surface area contributed by atoms with Gasteiger partial charge in [0.1, 0.15) is 5.82 Å². The summed E-state index contributed by atoms with van der Waals surface area (Å²) in [7, 11) is 0. The number of fused-ring (bicyclic) bond motifs is 1. The van der Waals surface area contributed by atoms with Gasteiger partial charge < -0.3 is 5.32 Å². The normalized spacial score (nSPS) is 11.4. The SMILES string of the molecule is Cc1cccc(C(=O)N=CCNc2cc(-c3c(C)cccc3C)nc3c(Br)cnn23)c1. The van der Waals surface area contributed by atoms with Crippen molar-refractivity contribution >= 4 is 39.5 Å². The van der Waals surface area contributed by atoms with Gasteiger partial charge in [-0.2, -0.15) is 9.61 Å². The Hall–Kier alpha value is -3.32. The number of hydrogen-bond acceptors (Lipinski definition) is 4. The average Bonchev–Trinajstić information content (AvgIpc) is 3.12. The zero-order valence-electron chi connectivity index (χ0n) is 17.6. The van der Waals surface area contributed by atoms with Crippen molar-refractivity contribution < 1.29 is 4.79 Å². The maximum absolute atomic E-state index is 12.3. The fourth-order valence-corrected chi connectivity index (χ4v) is 3.89. The van der Waals surface area contributed by atoms with Crippen molar-refractivity contribution in [3.63, 3.8) is 0 Å². The van der Waals surface area contributed by atoms with Crippen LogP contribution in [0.2, 0.25) is 0 Å². The lowest BCUT2D eigenvalue weighted by Gasteiger charge is -2.13. The van der Waals surface area contributed by atoms with Gasteiger partial charge in [0.05, 0.1) is 22.9 Å². The number of amides is 1. The van der Waals surface area contributed by atoms with Crippen molar-refractivity contribution in [3.05, 3.63) is 81.5 Å². The van der Waals surface area contributed by atoms with Crippen LogP contribution in [0, 0.1) is 20.8 Å². The number of halogens is 1. The van der Waals surface area contributed by atoms with Gasteiger partial charge in [0.2, 0.25) is 0 Å². The van der Waals surface area contributed by atoms with Gasteiger partial charge in [0.15, 0.2) is 5.65 Å². The van der Waals surface area contributed by atoms with Crippen LogP contribution < -0.4 is 5.32 Å². The van der Waals surface area contributed by atoms with Crippen molar-refractivity contribution in [2.45, 2.75) is 20.8 Å². The van der Waals surface area contributed by atoms with E-state index in [9.17, 15) is 4.79 Å². The summed E-state index contributed by atoms with van der Waals surface area (Å²) in [5.41, 5.74) is 6.60. The van der Waals surface area contributed by atoms with Crippen LogP contribution in [-0.4, -0.2) is 33.3 Å². The zero-order chi connectivity index (χ0) is 22.0.